The lowest BCUT2D eigenvalue weighted by Gasteiger charge is -2.45. The van der Waals surface area contributed by atoms with Crippen molar-refractivity contribution in [3.05, 3.63) is 258 Å². The number of aromatic nitrogens is 1. The lowest BCUT2D eigenvalue weighted by molar-refractivity contribution is 0.589. The number of benzene rings is 10. The second-order valence-electron chi connectivity index (χ2n) is 24.4. The van der Waals surface area contributed by atoms with E-state index < -0.39 is 0 Å². The molecule has 0 spiro atoms. The van der Waals surface area contributed by atoms with Crippen molar-refractivity contribution in [2.24, 2.45) is 0 Å². The van der Waals surface area contributed by atoms with E-state index in [4.69, 9.17) is 0 Å². The Morgan fingerprint density at radius 2 is 1.05 bits per heavy atom. The van der Waals surface area contributed by atoms with Crippen LogP contribution in [0, 0.1) is 20.8 Å². The molecule has 0 fully saturated rings. The predicted octanol–water partition coefficient (Wildman–Crippen LogP) is 19.3. The van der Waals surface area contributed by atoms with Crippen LogP contribution in [0.4, 0.5) is 51.2 Å². The molecule has 10 aromatic carbocycles. The number of para-hydroxylation sites is 3. The van der Waals surface area contributed by atoms with Crippen LogP contribution < -0.4 is 31.2 Å². The van der Waals surface area contributed by atoms with Gasteiger partial charge in [-0.05, 0) is 184 Å². The second-order valence-corrected chi connectivity index (χ2v) is 25.5. The van der Waals surface area contributed by atoms with Crippen LogP contribution in [0.5, 0.6) is 0 Å². The minimum absolute atomic E-state index is 0.0255. The van der Waals surface area contributed by atoms with Crippen molar-refractivity contribution >= 4 is 107 Å². The van der Waals surface area contributed by atoms with Gasteiger partial charge in [0.05, 0.1) is 22.6 Å². The molecule has 12 aromatic rings. The number of rotatable bonds is 8. The van der Waals surface area contributed by atoms with E-state index in [0.29, 0.717) is 0 Å². The number of anilines is 9. The van der Waals surface area contributed by atoms with Crippen molar-refractivity contribution in [1.82, 2.24) is 4.57 Å². The van der Waals surface area contributed by atoms with Crippen molar-refractivity contribution in [2.45, 2.75) is 73.1 Å². The molecule has 4 nitrogen and oxygen atoms in total. The largest absolute Gasteiger partial charge is 0.319 e. The number of hydrogen-bond acceptors (Lipinski definition) is 4. The molecule has 0 aliphatic carbocycles. The van der Waals surface area contributed by atoms with Crippen LogP contribution in [0.1, 0.15) is 69.4 Å². The molecule has 0 saturated heterocycles. The number of fused-ring (bicyclic) bond motifs is 7. The second kappa shape index (κ2) is 19.2. The van der Waals surface area contributed by atoms with E-state index in [0.717, 1.165) is 34.1 Å². The molecule has 4 heterocycles. The van der Waals surface area contributed by atoms with Gasteiger partial charge in [0.25, 0.3) is 6.71 Å². The average molecular weight is 1070 g/mol. The van der Waals surface area contributed by atoms with Gasteiger partial charge in [-0.15, -0.1) is 11.3 Å². The van der Waals surface area contributed by atoms with Crippen molar-refractivity contribution < 1.29 is 0 Å². The summed E-state index contributed by atoms with van der Waals surface area (Å²) >= 11 is 1.86. The molecule has 2 aliphatic rings. The molecule has 0 bridgehead atoms. The quantitative estimate of drug-likeness (QED) is 0.141. The maximum Gasteiger partial charge on any atom is 0.273 e. The fourth-order valence-electron chi connectivity index (χ4n) is 13.0. The predicted molar refractivity (Wildman–Crippen MR) is 350 cm³/mol. The van der Waals surface area contributed by atoms with E-state index in [1.54, 1.807) is 0 Å². The first kappa shape index (κ1) is 50.4. The van der Waals surface area contributed by atoms with Gasteiger partial charge in [0.15, 0.2) is 0 Å². The average Bonchev–Trinajstić information content (AvgIpc) is 2.58. The monoisotopic (exact) mass is 1060 g/mol. The summed E-state index contributed by atoms with van der Waals surface area (Å²) in [6, 6.07) is 86.6. The first-order chi connectivity index (χ1) is 39.2. The SMILES string of the molecule is Cc1cc2c3c(c1)N(c1c(C)cc(C(C)(C)C)cc1C)c1c(n(-c4ccccc4)c4ccc(C(C)(C)C)cc14)B3c1ccc(N(c3ccccc3)c3ccccc3)cc1N2c1ccc(-c2cc3ccccc3s2)cc1-c1ccccc1. The Bertz CT molecular complexity index is 4320. The Balaban J connectivity index is 1.13. The minimum atomic E-state index is -0.179. The molecule has 0 amide bonds. The Kier molecular flexibility index (Phi) is 11.9. The molecular weight excluding hydrogens is 1000 g/mol. The van der Waals surface area contributed by atoms with Crippen LogP contribution in [-0.4, -0.2) is 11.3 Å². The van der Waals surface area contributed by atoms with Crippen LogP contribution in [0.15, 0.2) is 231 Å². The molecular formula is C75H65BN4S. The van der Waals surface area contributed by atoms with Crippen molar-refractivity contribution in [3.8, 4) is 27.3 Å². The Labute approximate surface area is 481 Å². The van der Waals surface area contributed by atoms with Gasteiger partial charge in [0.1, 0.15) is 0 Å². The first-order valence-corrected chi connectivity index (χ1v) is 29.3. The molecule has 14 rings (SSSR count). The lowest BCUT2D eigenvalue weighted by atomic mass is 9.34. The maximum absolute atomic E-state index is 2.69. The van der Waals surface area contributed by atoms with Crippen LogP contribution >= 0.6 is 11.3 Å². The highest BCUT2D eigenvalue weighted by Crippen LogP contribution is 2.53. The molecule has 81 heavy (non-hydrogen) atoms. The first-order valence-electron chi connectivity index (χ1n) is 28.5. The van der Waals surface area contributed by atoms with Crippen LogP contribution in [0.3, 0.4) is 0 Å². The number of thiophene rings is 1. The number of hydrogen-bond donors (Lipinski definition) is 0. The third kappa shape index (κ3) is 8.41. The molecule has 0 atom stereocenters. The summed E-state index contributed by atoms with van der Waals surface area (Å²) in [7, 11) is 0. The van der Waals surface area contributed by atoms with Crippen LogP contribution in [-0.2, 0) is 10.8 Å². The smallest absolute Gasteiger partial charge is 0.273 e. The summed E-state index contributed by atoms with van der Waals surface area (Å²) in [4.78, 5) is 8.99. The molecule has 2 aliphatic heterocycles. The molecule has 0 saturated carbocycles. The van der Waals surface area contributed by atoms with E-state index in [2.05, 4.69) is 312 Å². The van der Waals surface area contributed by atoms with Crippen LogP contribution in [0.2, 0.25) is 0 Å². The highest BCUT2D eigenvalue weighted by Gasteiger charge is 2.48. The van der Waals surface area contributed by atoms with E-state index in [1.165, 1.54) is 110 Å². The van der Waals surface area contributed by atoms with E-state index in [1.807, 2.05) is 11.3 Å². The summed E-state index contributed by atoms with van der Waals surface area (Å²) in [5.74, 6) is 0. The Morgan fingerprint density at radius 1 is 0.444 bits per heavy atom. The van der Waals surface area contributed by atoms with Crippen molar-refractivity contribution in [3.63, 3.8) is 0 Å². The molecule has 0 radical (unpaired) electrons. The number of aryl methyl sites for hydroxylation is 3. The summed E-state index contributed by atoms with van der Waals surface area (Å²) < 4.78 is 3.90. The molecule has 0 N–H and O–H groups in total. The standard InChI is InChI=1S/C75H65BN4S/c1-48-40-66-70-67(41-48)80(71-49(2)42-55(43-50(71)3)75(7,8)9)72-61-46-54(74(4,5)6)35-39-64(61)78(58-31-20-13-21-32-58)73(72)76(70)62-37-36-59(77(56-27-16-11-17-28-56)57-29-18-12-19-30-57)47-65(62)79(66)63-38-34-53(44-60(63)51-24-14-10-15-25-51)69-45-52-26-22-23-33-68(52)81-69/h10-47H,1-9H3. The van der Waals surface area contributed by atoms with Gasteiger partial charge in [-0.25, -0.2) is 0 Å². The van der Waals surface area contributed by atoms with Gasteiger partial charge in [-0.1, -0.05) is 175 Å². The third-order valence-electron chi connectivity index (χ3n) is 16.9. The lowest BCUT2D eigenvalue weighted by Crippen LogP contribution is -2.63. The molecule has 0 unspecified atom stereocenters. The van der Waals surface area contributed by atoms with E-state index in [-0.39, 0.29) is 17.5 Å². The van der Waals surface area contributed by atoms with Gasteiger partial charge in [0, 0.05) is 65.9 Å². The Morgan fingerprint density at radius 3 is 1.69 bits per heavy atom. The van der Waals surface area contributed by atoms with Gasteiger partial charge >= 0.3 is 0 Å². The highest BCUT2D eigenvalue weighted by atomic mass is 32.1. The zero-order chi connectivity index (χ0) is 55.5. The van der Waals surface area contributed by atoms with E-state index >= 15 is 0 Å². The fraction of sp³-hybridized carbons (Fsp3) is 0.147. The fourth-order valence-corrected chi connectivity index (χ4v) is 14.1. The zero-order valence-electron chi connectivity index (χ0n) is 47.7. The normalized spacial score (nSPS) is 12.9. The number of nitrogens with zero attached hydrogens (tertiary/aromatic N) is 4. The molecule has 394 valence electrons. The van der Waals surface area contributed by atoms with E-state index in [9.17, 15) is 0 Å². The van der Waals surface area contributed by atoms with Gasteiger partial charge in [-0.3, -0.25) is 0 Å². The van der Waals surface area contributed by atoms with Crippen molar-refractivity contribution in [2.75, 3.05) is 14.7 Å². The molecule has 2 aromatic heterocycles. The zero-order valence-corrected chi connectivity index (χ0v) is 48.5. The Hall–Kier alpha value is -8.84. The van der Waals surface area contributed by atoms with Gasteiger partial charge in [0.2, 0.25) is 0 Å². The summed E-state index contributed by atoms with van der Waals surface area (Å²) in [5.41, 5.74) is 26.3. The highest BCUT2D eigenvalue weighted by molar-refractivity contribution is 7.22. The summed E-state index contributed by atoms with van der Waals surface area (Å²) in [5, 5.41) is 2.51. The van der Waals surface area contributed by atoms with Gasteiger partial charge < -0.3 is 19.3 Å². The third-order valence-corrected chi connectivity index (χ3v) is 18.0. The summed E-state index contributed by atoms with van der Waals surface area (Å²) in [6.45, 7) is 20.8. The topological polar surface area (TPSA) is 14.7 Å². The maximum atomic E-state index is 2.69. The van der Waals surface area contributed by atoms with Crippen LogP contribution in [0.25, 0.3) is 48.2 Å². The minimum Gasteiger partial charge on any atom is -0.319 e. The summed E-state index contributed by atoms with van der Waals surface area (Å²) in [6.07, 6.45) is 0. The van der Waals surface area contributed by atoms with Crippen molar-refractivity contribution in [1.29, 1.82) is 0 Å². The van der Waals surface area contributed by atoms with Gasteiger partial charge in [-0.2, -0.15) is 0 Å². The molecule has 6 heteroatoms.